The van der Waals surface area contributed by atoms with E-state index in [0.717, 1.165) is 57.4 Å². The minimum absolute atomic E-state index is 0.0511. The summed E-state index contributed by atoms with van der Waals surface area (Å²) in [7, 11) is 0. The van der Waals surface area contributed by atoms with Gasteiger partial charge >= 0.3 is 5.97 Å². The molecule has 1 aliphatic heterocycles. The lowest BCUT2D eigenvalue weighted by atomic mass is 9.61. The van der Waals surface area contributed by atoms with E-state index in [4.69, 9.17) is 5.21 Å². The first-order valence-corrected chi connectivity index (χ1v) is 13.9. The Bertz CT molecular complexity index is 880. The number of piperidine rings is 1. The molecule has 1 amide bonds. The number of carboxylic acid groups (broad SMARTS) is 1. The fourth-order valence-electron chi connectivity index (χ4n) is 7.01. The van der Waals surface area contributed by atoms with Crippen molar-refractivity contribution in [1.82, 2.24) is 15.7 Å². The van der Waals surface area contributed by atoms with Crippen molar-refractivity contribution in [3.05, 3.63) is 41.5 Å². The predicted molar refractivity (Wildman–Crippen MR) is 140 cm³/mol. The lowest BCUT2D eigenvalue weighted by molar-refractivity contribution is -0.146. The first kappa shape index (κ1) is 26.8. The minimum atomic E-state index is -0.642. The van der Waals surface area contributed by atoms with E-state index in [1.807, 2.05) is 12.1 Å². The molecule has 1 saturated heterocycles. The second kappa shape index (κ2) is 12.8. The van der Waals surface area contributed by atoms with E-state index in [0.29, 0.717) is 11.8 Å². The fraction of sp³-hybridized carbons (Fsp3) is 0.655. The van der Waals surface area contributed by atoms with E-state index in [1.165, 1.54) is 56.6 Å². The number of nitrogens with zero attached hydrogens (tertiary/aromatic N) is 1. The maximum absolute atomic E-state index is 12.5. The molecule has 4 rings (SSSR count). The average Bonchev–Trinajstić information content (AvgIpc) is 3.45. The third kappa shape index (κ3) is 6.75. The van der Waals surface area contributed by atoms with Crippen LogP contribution < -0.4 is 10.8 Å². The number of carbonyl (C=O) groups is 2. The monoisotopic (exact) mass is 497 g/mol. The van der Waals surface area contributed by atoms with Crippen molar-refractivity contribution in [2.24, 2.45) is 17.3 Å². The second-order valence-corrected chi connectivity index (χ2v) is 11.2. The van der Waals surface area contributed by atoms with Gasteiger partial charge in [0.05, 0.1) is 0 Å². The molecular formula is C29H43N3O4. The molecule has 0 spiro atoms. The van der Waals surface area contributed by atoms with Crippen molar-refractivity contribution in [3.8, 4) is 0 Å². The predicted octanol–water partition coefficient (Wildman–Crippen LogP) is 4.60. The van der Waals surface area contributed by atoms with Gasteiger partial charge in [0.1, 0.15) is 6.04 Å². The van der Waals surface area contributed by atoms with Crippen molar-refractivity contribution in [2.75, 3.05) is 19.6 Å². The highest BCUT2D eigenvalue weighted by atomic mass is 16.5. The van der Waals surface area contributed by atoms with E-state index >= 15 is 0 Å². The molecule has 0 unspecified atom stereocenters. The molecule has 1 aromatic rings. The summed E-state index contributed by atoms with van der Waals surface area (Å²) in [4.78, 5) is 26.1. The van der Waals surface area contributed by atoms with E-state index in [-0.39, 0.29) is 5.41 Å². The van der Waals surface area contributed by atoms with Crippen LogP contribution in [0, 0.1) is 17.3 Å². The number of nitrogens with one attached hydrogen (secondary N) is 2. The van der Waals surface area contributed by atoms with Crippen LogP contribution in [0.5, 0.6) is 0 Å². The number of hydroxylamine groups is 1. The maximum Gasteiger partial charge on any atom is 0.321 e. The van der Waals surface area contributed by atoms with Gasteiger partial charge in [0.25, 0.3) is 5.91 Å². The van der Waals surface area contributed by atoms with Crippen LogP contribution in [0.4, 0.5) is 0 Å². The van der Waals surface area contributed by atoms with Crippen molar-refractivity contribution in [1.29, 1.82) is 0 Å². The molecule has 198 valence electrons. The third-order valence-corrected chi connectivity index (χ3v) is 9.02. The van der Waals surface area contributed by atoms with E-state index < -0.39 is 17.9 Å². The van der Waals surface area contributed by atoms with Gasteiger partial charge in [0.2, 0.25) is 0 Å². The van der Waals surface area contributed by atoms with Crippen LogP contribution in [0.1, 0.15) is 81.8 Å². The Morgan fingerprint density at radius 2 is 1.67 bits per heavy atom. The molecular weight excluding hydrogens is 454 g/mol. The summed E-state index contributed by atoms with van der Waals surface area (Å²) in [5.74, 6) is -0.0884. The number of hydrogen-bond donors (Lipinski definition) is 4. The number of likely N-dealkylation sites (tertiary alicyclic amines) is 1. The molecule has 0 bridgehead atoms. The van der Waals surface area contributed by atoms with E-state index in [2.05, 4.69) is 22.3 Å². The van der Waals surface area contributed by atoms with Crippen LogP contribution in [0.25, 0.3) is 6.08 Å². The molecule has 7 heteroatoms. The van der Waals surface area contributed by atoms with Crippen LogP contribution in [0.2, 0.25) is 0 Å². The molecule has 36 heavy (non-hydrogen) atoms. The normalized spacial score (nSPS) is 22.6. The van der Waals surface area contributed by atoms with Gasteiger partial charge in [-0.2, -0.15) is 0 Å². The first-order chi connectivity index (χ1) is 17.5. The largest absolute Gasteiger partial charge is 0.480 e. The van der Waals surface area contributed by atoms with Gasteiger partial charge in [0, 0.05) is 12.6 Å². The lowest BCUT2D eigenvalue weighted by Crippen LogP contribution is -2.55. The average molecular weight is 498 g/mol. The summed E-state index contributed by atoms with van der Waals surface area (Å²) < 4.78 is 0. The van der Waals surface area contributed by atoms with Gasteiger partial charge in [-0.3, -0.25) is 19.7 Å². The zero-order valence-corrected chi connectivity index (χ0v) is 21.5. The number of carboxylic acids is 1. The van der Waals surface area contributed by atoms with Gasteiger partial charge in [-0.1, -0.05) is 56.4 Å². The van der Waals surface area contributed by atoms with E-state index in [1.54, 1.807) is 11.6 Å². The Morgan fingerprint density at radius 3 is 2.28 bits per heavy atom. The number of rotatable bonds is 10. The minimum Gasteiger partial charge on any atom is -0.480 e. The molecule has 3 fully saturated rings. The fourth-order valence-corrected chi connectivity index (χ4v) is 7.01. The van der Waals surface area contributed by atoms with Gasteiger partial charge in [-0.25, -0.2) is 5.48 Å². The highest BCUT2D eigenvalue weighted by Crippen LogP contribution is 2.51. The third-order valence-electron chi connectivity index (χ3n) is 9.02. The van der Waals surface area contributed by atoms with Gasteiger partial charge in [-0.15, -0.1) is 0 Å². The summed E-state index contributed by atoms with van der Waals surface area (Å²) in [6, 6.07) is 7.70. The molecule has 2 aliphatic carbocycles. The Kier molecular flexibility index (Phi) is 9.57. The number of aliphatic carboxylic acids is 1. The molecule has 3 aliphatic rings. The summed E-state index contributed by atoms with van der Waals surface area (Å²) >= 11 is 0. The van der Waals surface area contributed by atoms with Crippen molar-refractivity contribution < 1.29 is 19.9 Å². The standard InChI is InChI=1S/C29H43N3O4/c33-26(31-36)13-12-22-8-10-24(11-9-22)21-32-18-14-23(15-19-32)20-30-27(28(34)35)29(16-4-1-5-17-29)25-6-2-3-7-25/h8-13,23,25,27,30,36H,1-7,14-21H2,(H,31,33)(H,34,35)/t27-/m1/s1. The van der Waals surface area contributed by atoms with Crippen LogP contribution in [-0.2, 0) is 16.1 Å². The van der Waals surface area contributed by atoms with Crippen LogP contribution >= 0.6 is 0 Å². The van der Waals surface area contributed by atoms with Crippen LogP contribution in [0.3, 0.4) is 0 Å². The highest BCUT2D eigenvalue weighted by Gasteiger charge is 2.49. The molecule has 1 aromatic carbocycles. The summed E-state index contributed by atoms with van der Waals surface area (Å²) in [5.41, 5.74) is 3.68. The van der Waals surface area contributed by atoms with Crippen LogP contribution in [0.15, 0.2) is 30.3 Å². The summed E-state index contributed by atoms with van der Waals surface area (Å²) in [6.45, 7) is 3.75. The number of benzene rings is 1. The quantitative estimate of drug-likeness (QED) is 0.214. The van der Waals surface area contributed by atoms with Crippen LogP contribution in [-0.4, -0.2) is 52.8 Å². The highest BCUT2D eigenvalue weighted by molar-refractivity contribution is 5.90. The molecule has 4 N–H and O–H groups in total. The topological polar surface area (TPSA) is 102 Å². The smallest absolute Gasteiger partial charge is 0.321 e. The van der Waals surface area contributed by atoms with Gasteiger partial charge in [-0.05, 0) is 92.6 Å². The SMILES string of the molecule is O=C(C=Cc1ccc(CN2CCC(CN[C@H](C(=O)O)C3(C4CCCC4)CCCCC3)CC2)cc1)NO. The molecule has 1 atom stereocenters. The molecule has 0 radical (unpaired) electrons. The molecule has 0 aromatic heterocycles. The maximum atomic E-state index is 12.5. The number of hydrogen-bond acceptors (Lipinski definition) is 5. The zero-order valence-electron chi connectivity index (χ0n) is 21.5. The van der Waals surface area contributed by atoms with Crippen molar-refractivity contribution in [3.63, 3.8) is 0 Å². The molecule has 1 heterocycles. The van der Waals surface area contributed by atoms with Gasteiger partial charge in [0.15, 0.2) is 0 Å². The Morgan fingerprint density at radius 1 is 1.00 bits per heavy atom. The summed E-state index contributed by atoms with van der Waals surface area (Å²) in [6.07, 6.45) is 15.8. The summed E-state index contributed by atoms with van der Waals surface area (Å²) in [5, 5.41) is 22.4. The van der Waals surface area contributed by atoms with Crippen molar-refractivity contribution in [2.45, 2.75) is 83.2 Å². The lowest BCUT2D eigenvalue weighted by Gasteiger charge is -2.47. The number of carbonyl (C=O) groups excluding carboxylic acids is 1. The zero-order chi connectivity index (χ0) is 25.4. The van der Waals surface area contributed by atoms with E-state index in [9.17, 15) is 14.7 Å². The Balaban J connectivity index is 1.26. The Labute approximate surface area is 215 Å². The molecule has 2 saturated carbocycles. The Hall–Kier alpha value is -2.22. The van der Waals surface area contributed by atoms with Gasteiger partial charge < -0.3 is 10.4 Å². The number of amides is 1. The molecule has 7 nitrogen and oxygen atoms in total. The van der Waals surface area contributed by atoms with Crippen molar-refractivity contribution >= 4 is 18.0 Å². The first-order valence-electron chi connectivity index (χ1n) is 13.9. The second-order valence-electron chi connectivity index (χ2n) is 11.2.